The highest BCUT2D eigenvalue weighted by Crippen LogP contribution is 2.21. The molecule has 0 aromatic carbocycles. The Labute approximate surface area is 123 Å². The van der Waals surface area contributed by atoms with E-state index >= 15 is 0 Å². The van der Waals surface area contributed by atoms with Crippen LogP contribution in [0.1, 0.15) is 25.0 Å². The second kappa shape index (κ2) is 6.52. The van der Waals surface area contributed by atoms with Crippen molar-refractivity contribution in [3.63, 3.8) is 0 Å². The van der Waals surface area contributed by atoms with Gasteiger partial charge in [-0.1, -0.05) is 17.7 Å². The molecule has 2 aromatic rings. The van der Waals surface area contributed by atoms with Crippen molar-refractivity contribution in [1.82, 2.24) is 15.0 Å². The number of halogens is 1. The molecule has 0 saturated carbocycles. The van der Waals surface area contributed by atoms with Crippen LogP contribution in [-0.2, 0) is 6.54 Å². The molecule has 0 fully saturated rings. The fourth-order valence-electron chi connectivity index (χ4n) is 1.67. The Balaban J connectivity index is 2.13. The van der Waals surface area contributed by atoms with Gasteiger partial charge in [0, 0.05) is 23.9 Å². The number of nitrogens with one attached hydrogen (secondary N) is 1. The predicted molar refractivity (Wildman–Crippen MR) is 79.1 cm³/mol. The normalized spacial score (nSPS) is 10.7. The molecule has 0 bridgehead atoms. The van der Waals surface area contributed by atoms with Crippen LogP contribution in [0.2, 0.25) is 5.15 Å². The molecule has 1 N–H and O–H groups in total. The third-order valence-corrected chi connectivity index (χ3v) is 3.05. The Kier molecular flexibility index (Phi) is 4.74. The van der Waals surface area contributed by atoms with Crippen molar-refractivity contribution < 1.29 is 4.74 Å². The first-order valence-corrected chi connectivity index (χ1v) is 6.77. The van der Waals surface area contributed by atoms with Crippen LogP contribution in [0.15, 0.2) is 24.7 Å². The molecule has 0 spiro atoms. The minimum Gasteiger partial charge on any atom is -0.475 e. The van der Waals surface area contributed by atoms with Crippen molar-refractivity contribution in [2.45, 2.75) is 33.4 Å². The fourth-order valence-corrected chi connectivity index (χ4v) is 1.81. The Bertz CT molecular complexity index is 589. The van der Waals surface area contributed by atoms with E-state index in [1.165, 1.54) is 6.33 Å². The molecule has 5 nitrogen and oxygen atoms in total. The largest absolute Gasteiger partial charge is 0.475 e. The van der Waals surface area contributed by atoms with E-state index in [2.05, 4.69) is 20.3 Å². The molecule has 6 heteroatoms. The quantitative estimate of drug-likeness (QED) is 0.857. The van der Waals surface area contributed by atoms with Crippen molar-refractivity contribution in [1.29, 1.82) is 0 Å². The highest BCUT2D eigenvalue weighted by Gasteiger charge is 2.09. The van der Waals surface area contributed by atoms with Crippen molar-refractivity contribution in [3.8, 4) is 5.88 Å². The molecule has 0 saturated heterocycles. The highest BCUT2D eigenvalue weighted by molar-refractivity contribution is 6.30. The number of anilines is 1. The van der Waals surface area contributed by atoms with Crippen LogP contribution in [0, 0.1) is 6.92 Å². The van der Waals surface area contributed by atoms with Crippen LogP contribution >= 0.6 is 11.6 Å². The van der Waals surface area contributed by atoms with E-state index in [0.717, 1.165) is 11.1 Å². The van der Waals surface area contributed by atoms with Gasteiger partial charge in [-0.3, -0.25) is 0 Å². The minimum atomic E-state index is 0.0823. The minimum absolute atomic E-state index is 0.0823. The third kappa shape index (κ3) is 3.57. The van der Waals surface area contributed by atoms with E-state index in [9.17, 15) is 0 Å². The van der Waals surface area contributed by atoms with Gasteiger partial charge in [0.25, 0.3) is 0 Å². The molecule has 106 valence electrons. The van der Waals surface area contributed by atoms with Gasteiger partial charge in [0.15, 0.2) is 0 Å². The monoisotopic (exact) mass is 292 g/mol. The third-order valence-electron chi connectivity index (χ3n) is 2.67. The second-order valence-electron chi connectivity index (χ2n) is 4.63. The Morgan fingerprint density at radius 2 is 2.10 bits per heavy atom. The van der Waals surface area contributed by atoms with Gasteiger partial charge in [-0.2, -0.15) is 0 Å². The van der Waals surface area contributed by atoms with Gasteiger partial charge in [-0.25, -0.2) is 15.0 Å². The molecule has 0 aliphatic rings. The number of aromatic nitrogens is 3. The Morgan fingerprint density at radius 3 is 2.85 bits per heavy atom. The average Bonchev–Trinajstić information content (AvgIpc) is 2.41. The Morgan fingerprint density at radius 1 is 1.30 bits per heavy atom. The van der Waals surface area contributed by atoms with Crippen LogP contribution in [0.5, 0.6) is 5.88 Å². The van der Waals surface area contributed by atoms with Crippen LogP contribution in [0.25, 0.3) is 0 Å². The highest BCUT2D eigenvalue weighted by atomic mass is 35.5. The summed E-state index contributed by atoms with van der Waals surface area (Å²) >= 11 is 5.97. The summed E-state index contributed by atoms with van der Waals surface area (Å²) in [6.07, 6.45) is 3.24. The summed E-state index contributed by atoms with van der Waals surface area (Å²) in [6, 6.07) is 3.85. The lowest BCUT2D eigenvalue weighted by atomic mass is 10.2. The van der Waals surface area contributed by atoms with Gasteiger partial charge in [0.1, 0.15) is 17.3 Å². The molecular weight excluding hydrogens is 276 g/mol. The SMILES string of the molecule is Cc1c(Cl)ncnc1NCc1cccnc1OC(C)C. The summed E-state index contributed by atoms with van der Waals surface area (Å²) in [5, 5.41) is 3.68. The average molecular weight is 293 g/mol. The molecular formula is C14H17ClN4O. The maximum absolute atomic E-state index is 5.97. The van der Waals surface area contributed by atoms with Crippen LogP contribution in [-0.4, -0.2) is 21.1 Å². The summed E-state index contributed by atoms with van der Waals surface area (Å²) in [5.74, 6) is 1.34. The molecule has 2 rings (SSSR count). The first kappa shape index (κ1) is 14.5. The molecule has 0 amide bonds. The lowest BCUT2D eigenvalue weighted by molar-refractivity contribution is 0.230. The summed E-state index contributed by atoms with van der Waals surface area (Å²) in [7, 11) is 0. The summed E-state index contributed by atoms with van der Waals surface area (Å²) < 4.78 is 5.68. The number of pyridine rings is 1. The van der Waals surface area contributed by atoms with E-state index in [1.807, 2.05) is 32.9 Å². The van der Waals surface area contributed by atoms with E-state index in [0.29, 0.717) is 23.4 Å². The molecule has 0 aliphatic carbocycles. The van der Waals surface area contributed by atoms with Crippen molar-refractivity contribution >= 4 is 17.4 Å². The van der Waals surface area contributed by atoms with Crippen LogP contribution < -0.4 is 10.1 Å². The van der Waals surface area contributed by atoms with E-state index < -0.39 is 0 Å². The molecule has 2 aromatic heterocycles. The molecule has 0 unspecified atom stereocenters. The molecule has 0 atom stereocenters. The number of hydrogen-bond acceptors (Lipinski definition) is 5. The second-order valence-corrected chi connectivity index (χ2v) is 4.98. The molecule has 20 heavy (non-hydrogen) atoms. The maximum atomic E-state index is 5.97. The van der Waals surface area contributed by atoms with E-state index in [4.69, 9.17) is 16.3 Å². The topological polar surface area (TPSA) is 59.9 Å². The predicted octanol–water partition coefficient (Wildman–Crippen LogP) is 3.23. The lowest BCUT2D eigenvalue weighted by Gasteiger charge is -2.14. The summed E-state index contributed by atoms with van der Waals surface area (Å²) in [5.41, 5.74) is 1.79. The molecule has 2 heterocycles. The number of hydrogen-bond donors (Lipinski definition) is 1. The summed E-state index contributed by atoms with van der Waals surface area (Å²) in [4.78, 5) is 12.4. The zero-order valence-corrected chi connectivity index (χ0v) is 12.5. The summed E-state index contributed by atoms with van der Waals surface area (Å²) in [6.45, 7) is 6.38. The first-order chi connectivity index (χ1) is 9.58. The molecule has 0 radical (unpaired) electrons. The first-order valence-electron chi connectivity index (χ1n) is 6.39. The standard InChI is InChI=1S/C14H17ClN4O/c1-9(2)20-14-11(5-4-6-16-14)7-17-13-10(3)12(15)18-8-19-13/h4-6,8-9H,7H2,1-3H3,(H,17,18,19). The smallest absolute Gasteiger partial charge is 0.218 e. The van der Waals surface area contributed by atoms with Crippen LogP contribution in [0.3, 0.4) is 0 Å². The van der Waals surface area contributed by atoms with Gasteiger partial charge < -0.3 is 10.1 Å². The molecule has 0 aliphatic heterocycles. The van der Waals surface area contributed by atoms with E-state index in [-0.39, 0.29) is 6.10 Å². The number of ether oxygens (including phenoxy) is 1. The number of rotatable bonds is 5. The zero-order valence-electron chi connectivity index (χ0n) is 11.7. The Hall–Kier alpha value is -1.88. The van der Waals surface area contributed by atoms with Gasteiger partial charge >= 0.3 is 0 Å². The maximum Gasteiger partial charge on any atom is 0.218 e. The van der Waals surface area contributed by atoms with Crippen molar-refractivity contribution in [2.24, 2.45) is 0 Å². The van der Waals surface area contributed by atoms with Gasteiger partial charge in [-0.05, 0) is 26.8 Å². The fraction of sp³-hybridized carbons (Fsp3) is 0.357. The lowest BCUT2D eigenvalue weighted by Crippen LogP contribution is -2.11. The van der Waals surface area contributed by atoms with Crippen molar-refractivity contribution in [3.05, 3.63) is 40.9 Å². The van der Waals surface area contributed by atoms with Gasteiger partial charge in [0.05, 0.1) is 6.10 Å². The zero-order chi connectivity index (χ0) is 14.5. The van der Waals surface area contributed by atoms with Crippen LogP contribution in [0.4, 0.5) is 5.82 Å². The van der Waals surface area contributed by atoms with Gasteiger partial charge in [-0.15, -0.1) is 0 Å². The van der Waals surface area contributed by atoms with Gasteiger partial charge in [0.2, 0.25) is 5.88 Å². The van der Waals surface area contributed by atoms with Crippen molar-refractivity contribution in [2.75, 3.05) is 5.32 Å². The van der Waals surface area contributed by atoms with E-state index in [1.54, 1.807) is 6.20 Å². The number of nitrogens with zero attached hydrogens (tertiary/aromatic N) is 3.